The molecule has 0 bridgehead atoms. The number of carboxylic acids is 1. The molecular formula is C20H28N2O5. The largest absolute Gasteiger partial charge is 0.495 e. The number of nitrogens with zero attached hydrogens (tertiary/aromatic N) is 1. The van der Waals surface area contributed by atoms with Crippen LogP contribution in [0.1, 0.15) is 39.2 Å². The van der Waals surface area contributed by atoms with E-state index < -0.39 is 17.4 Å². The second-order valence-electron chi connectivity index (χ2n) is 7.71. The van der Waals surface area contributed by atoms with Crippen LogP contribution < -0.4 is 15.0 Å². The molecule has 1 fully saturated rings. The lowest BCUT2D eigenvalue weighted by Crippen LogP contribution is -2.53. The first-order chi connectivity index (χ1) is 12.6. The number of anilines is 1. The summed E-state index contributed by atoms with van der Waals surface area (Å²) in [5, 5.41) is 12.0. The van der Waals surface area contributed by atoms with E-state index in [1.54, 1.807) is 25.0 Å². The highest BCUT2D eigenvalue weighted by Crippen LogP contribution is 2.34. The second-order valence-corrected chi connectivity index (χ2v) is 7.71. The third-order valence-electron chi connectivity index (χ3n) is 5.32. The van der Waals surface area contributed by atoms with E-state index >= 15 is 0 Å². The van der Waals surface area contributed by atoms with Gasteiger partial charge in [0.2, 0.25) is 11.8 Å². The monoisotopic (exact) mass is 376 g/mol. The van der Waals surface area contributed by atoms with E-state index in [2.05, 4.69) is 5.32 Å². The Morgan fingerprint density at radius 3 is 2.63 bits per heavy atom. The highest BCUT2D eigenvalue weighted by molar-refractivity contribution is 6.01. The molecule has 0 radical (unpaired) electrons. The van der Waals surface area contributed by atoms with Gasteiger partial charge in [-0.25, -0.2) is 0 Å². The number of hydrogen-bond acceptors (Lipinski definition) is 4. The number of rotatable bonds is 7. The number of carbonyl (C=O) groups excluding carboxylic acids is 2. The zero-order chi connectivity index (χ0) is 20.4. The second kappa shape index (κ2) is 7.98. The molecule has 1 aliphatic heterocycles. The predicted molar refractivity (Wildman–Crippen MR) is 102 cm³/mol. The molecule has 1 aromatic carbocycles. The molecular weight excluding hydrogens is 348 g/mol. The van der Waals surface area contributed by atoms with Gasteiger partial charge in [-0.15, -0.1) is 0 Å². The molecule has 1 aromatic rings. The van der Waals surface area contributed by atoms with Crippen LogP contribution in [0.15, 0.2) is 18.2 Å². The van der Waals surface area contributed by atoms with Crippen molar-refractivity contribution in [2.24, 2.45) is 11.8 Å². The van der Waals surface area contributed by atoms with Gasteiger partial charge in [-0.05, 0) is 37.5 Å². The summed E-state index contributed by atoms with van der Waals surface area (Å²) in [6, 6.07) is 5.56. The Morgan fingerprint density at radius 2 is 2.07 bits per heavy atom. The molecule has 1 saturated heterocycles. The Labute approximate surface area is 159 Å². The lowest BCUT2D eigenvalue weighted by Gasteiger charge is -2.34. The smallest absolute Gasteiger partial charge is 0.305 e. The first-order valence-corrected chi connectivity index (χ1v) is 9.06. The minimum Gasteiger partial charge on any atom is -0.495 e. The topological polar surface area (TPSA) is 95.9 Å². The van der Waals surface area contributed by atoms with Gasteiger partial charge < -0.3 is 20.1 Å². The van der Waals surface area contributed by atoms with Gasteiger partial charge in [0.15, 0.2) is 0 Å². The lowest BCUT2D eigenvalue weighted by molar-refractivity contribution is -0.140. The van der Waals surface area contributed by atoms with Gasteiger partial charge in [0.05, 0.1) is 25.1 Å². The lowest BCUT2D eigenvalue weighted by atomic mass is 9.84. The fourth-order valence-corrected chi connectivity index (χ4v) is 3.22. The average Bonchev–Trinajstić information content (AvgIpc) is 2.95. The minimum absolute atomic E-state index is 0.0670. The fourth-order valence-electron chi connectivity index (χ4n) is 3.22. The van der Waals surface area contributed by atoms with Crippen molar-refractivity contribution in [3.8, 4) is 5.75 Å². The highest BCUT2D eigenvalue weighted by Gasteiger charge is 2.40. The van der Waals surface area contributed by atoms with E-state index in [1.807, 2.05) is 32.9 Å². The number of ether oxygens (including phenoxy) is 1. The number of nitrogens with one attached hydrogen (secondary N) is 1. The Morgan fingerprint density at radius 1 is 1.41 bits per heavy atom. The van der Waals surface area contributed by atoms with Gasteiger partial charge in [0.1, 0.15) is 5.75 Å². The summed E-state index contributed by atoms with van der Waals surface area (Å²) in [7, 11) is 1.54. The third kappa shape index (κ3) is 4.59. The number of aryl methyl sites for hydroxylation is 1. The van der Waals surface area contributed by atoms with Gasteiger partial charge in [-0.1, -0.05) is 19.9 Å². The van der Waals surface area contributed by atoms with E-state index in [0.717, 1.165) is 5.56 Å². The maximum absolute atomic E-state index is 12.8. The summed E-state index contributed by atoms with van der Waals surface area (Å²) >= 11 is 0. The first kappa shape index (κ1) is 20.7. The maximum atomic E-state index is 12.8. The van der Waals surface area contributed by atoms with Crippen LogP contribution in [0.25, 0.3) is 0 Å². The van der Waals surface area contributed by atoms with Crippen LogP contribution in [0, 0.1) is 18.8 Å². The van der Waals surface area contributed by atoms with Crippen molar-refractivity contribution in [1.82, 2.24) is 5.32 Å². The zero-order valence-electron chi connectivity index (χ0n) is 16.5. The number of methoxy groups -OCH3 is 1. The van der Waals surface area contributed by atoms with Crippen LogP contribution >= 0.6 is 0 Å². The van der Waals surface area contributed by atoms with E-state index in [-0.39, 0.29) is 37.1 Å². The van der Waals surface area contributed by atoms with Crippen molar-refractivity contribution < 1.29 is 24.2 Å². The van der Waals surface area contributed by atoms with E-state index in [4.69, 9.17) is 9.84 Å². The number of carbonyl (C=O) groups is 3. The first-order valence-electron chi connectivity index (χ1n) is 9.06. The van der Waals surface area contributed by atoms with Crippen molar-refractivity contribution in [2.75, 3.05) is 18.6 Å². The Kier molecular flexibility index (Phi) is 6.13. The zero-order valence-corrected chi connectivity index (χ0v) is 16.5. The number of aliphatic carboxylic acids is 1. The van der Waals surface area contributed by atoms with Crippen LogP contribution in [0.4, 0.5) is 5.69 Å². The van der Waals surface area contributed by atoms with Gasteiger partial charge in [0.25, 0.3) is 0 Å². The molecule has 2 unspecified atom stereocenters. The van der Waals surface area contributed by atoms with Gasteiger partial charge >= 0.3 is 5.97 Å². The molecule has 1 aliphatic rings. The average molecular weight is 376 g/mol. The van der Waals surface area contributed by atoms with Crippen LogP contribution in [-0.2, 0) is 14.4 Å². The Balaban J connectivity index is 2.18. The van der Waals surface area contributed by atoms with Crippen LogP contribution in [-0.4, -0.2) is 42.1 Å². The molecule has 2 rings (SSSR count). The number of carboxylic acid groups (broad SMARTS) is 1. The van der Waals surface area contributed by atoms with Crippen LogP contribution in [0.5, 0.6) is 5.75 Å². The van der Waals surface area contributed by atoms with E-state index in [0.29, 0.717) is 11.4 Å². The van der Waals surface area contributed by atoms with Crippen LogP contribution in [0.2, 0.25) is 0 Å². The van der Waals surface area contributed by atoms with Gasteiger partial charge in [-0.2, -0.15) is 0 Å². The quantitative estimate of drug-likeness (QED) is 0.762. The molecule has 0 saturated carbocycles. The molecule has 7 nitrogen and oxygen atoms in total. The van der Waals surface area contributed by atoms with E-state index in [9.17, 15) is 14.4 Å². The normalized spacial score (nSPS) is 19.1. The summed E-state index contributed by atoms with van der Waals surface area (Å²) < 4.78 is 5.35. The molecule has 148 valence electrons. The number of hydrogen-bond donors (Lipinski definition) is 2. The molecule has 2 amide bonds. The molecule has 7 heteroatoms. The third-order valence-corrected chi connectivity index (χ3v) is 5.32. The minimum atomic E-state index is -0.972. The molecule has 0 spiro atoms. The van der Waals surface area contributed by atoms with Crippen molar-refractivity contribution >= 4 is 23.5 Å². The Bertz CT molecular complexity index is 746. The van der Waals surface area contributed by atoms with E-state index in [1.165, 1.54) is 0 Å². The summed E-state index contributed by atoms with van der Waals surface area (Å²) in [5.41, 5.74) is 0.760. The number of amides is 2. The van der Waals surface area contributed by atoms with Crippen molar-refractivity contribution in [3.63, 3.8) is 0 Å². The molecule has 0 aromatic heterocycles. The summed E-state index contributed by atoms with van der Waals surface area (Å²) in [4.78, 5) is 38.1. The van der Waals surface area contributed by atoms with Gasteiger partial charge in [-0.3, -0.25) is 14.4 Å². The number of benzene rings is 1. The molecule has 2 N–H and O–H groups in total. The summed E-state index contributed by atoms with van der Waals surface area (Å²) in [6.07, 6.45) is -0.0866. The predicted octanol–water partition coefficient (Wildman–Crippen LogP) is 2.36. The van der Waals surface area contributed by atoms with Crippen molar-refractivity contribution in [1.29, 1.82) is 0 Å². The molecule has 2 atom stereocenters. The molecule has 27 heavy (non-hydrogen) atoms. The van der Waals surface area contributed by atoms with Crippen LogP contribution in [0.3, 0.4) is 0 Å². The standard InChI is InChI=1S/C20H28N2O5/c1-12(2)20(4,10-18(24)25)21-19(26)14-9-17(23)22(11-14)15-8-13(3)6-7-16(15)27-5/h6-8,12,14H,9-11H2,1-5H3,(H,21,26)(H,24,25). The van der Waals surface area contributed by atoms with Crippen molar-refractivity contribution in [2.45, 2.75) is 46.1 Å². The summed E-state index contributed by atoms with van der Waals surface area (Å²) in [5.74, 6) is -1.44. The van der Waals surface area contributed by atoms with Gasteiger partial charge in [0, 0.05) is 18.5 Å². The summed E-state index contributed by atoms with van der Waals surface area (Å²) in [6.45, 7) is 7.63. The molecule has 0 aliphatic carbocycles. The fraction of sp³-hybridized carbons (Fsp3) is 0.550. The maximum Gasteiger partial charge on any atom is 0.305 e. The SMILES string of the molecule is COc1ccc(C)cc1N1CC(C(=O)NC(C)(CC(=O)O)C(C)C)CC1=O. The highest BCUT2D eigenvalue weighted by atomic mass is 16.5. The molecule has 1 heterocycles. The Hall–Kier alpha value is -2.57. The van der Waals surface area contributed by atoms with Crippen molar-refractivity contribution in [3.05, 3.63) is 23.8 Å².